The third-order valence-electron chi connectivity index (χ3n) is 5.26. The number of halogens is 1. The fourth-order valence-electron chi connectivity index (χ4n) is 3.61. The van der Waals surface area contributed by atoms with Gasteiger partial charge in [0.15, 0.2) is 5.96 Å². The molecule has 1 aromatic carbocycles. The molecule has 3 rings (SSSR count). The summed E-state index contributed by atoms with van der Waals surface area (Å²) in [7, 11) is 0. The van der Waals surface area contributed by atoms with E-state index < -0.39 is 0 Å². The number of aliphatic imine (C=N–C) groups is 1. The average molecular weight is 470 g/mol. The molecule has 1 unspecified atom stereocenters. The van der Waals surface area contributed by atoms with Crippen LogP contribution in [0.4, 0.5) is 0 Å². The fraction of sp³-hybridized carbons (Fsp3) is 0.667. The monoisotopic (exact) mass is 470 g/mol. The molecule has 0 spiro atoms. The number of hydrogen-bond donors (Lipinski definition) is 2. The smallest absolute Gasteiger partial charge is 0.191 e. The Kier molecular flexibility index (Phi) is 9.19. The highest BCUT2D eigenvalue weighted by Crippen LogP contribution is 2.27. The molecule has 4 nitrogen and oxygen atoms in total. The lowest BCUT2D eigenvalue weighted by Crippen LogP contribution is -2.38. The molecule has 5 heteroatoms. The molecule has 2 fully saturated rings. The molecule has 1 aliphatic heterocycles. The van der Waals surface area contributed by atoms with Crippen LogP contribution in [-0.4, -0.2) is 37.0 Å². The second kappa shape index (κ2) is 11.1. The molecule has 0 aromatic heterocycles. The maximum absolute atomic E-state index is 4.83. The number of guanidine groups is 1. The standard InChI is InChI=1S/C21H34N4.HI/c1-3-22-21(23-13-18-10-11-18)24-14-19-8-4-5-9-20(19)16-25-12-6-7-17(2)15-25;/h4-5,8-9,17-18H,3,6-7,10-16H2,1-2H3,(H2,22,23,24);1H. The zero-order chi connectivity index (χ0) is 17.5. The van der Waals surface area contributed by atoms with Gasteiger partial charge in [-0.1, -0.05) is 31.2 Å². The van der Waals surface area contributed by atoms with Crippen molar-refractivity contribution < 1.29 is 0 Å². The van der Waals surface area contributed by atoms with Crippen molar-refractivity contribution in [2.45, 2.75) is 52.6 Å². The van der Waals surface area contributed by atoms with Gasteiger partial charge in [-0.05, 0) is 62.1 Å². The van der Waals surface area contributed by atoms with E-state index in [1.165, 1.54) is 49.9 Å². The topological polar surface area (TPSA) is 39.7 Å². The number of nitrogens with one attached hydrogen (secondary N) is 2. The molecule has 146 valence electrons. The number of likely N-dealkylation sites (tertiary alicyclic amines) is 1. The minimum Gasteiger partial charge on any atom is -0.357 e. The lowest BCUT2D eigenvalue weighted by atomic mass is 9.99. The number of rotatable bonds is 7. The van der Waals surface area contributed by atoms with Crippen LogP contribution in [-0.2, 0) is 13.1 Å². The predicted molar refractivity (Wildman–Crippen MR) is 121 cm³/mol. The first-order chi connectivity index (χ1) is 12.2. The average Bonchev–Trinajstić information content (AvgIpc) is 3.43. The van der Waals surface area contributed by atoms with Crippen LogP contribution in [0.15, 0.2) is 29.3 Å². The molecule has 1 saturated heterocycles. The molecule has 1 aliphatic carbocycles. The van der Waals surface area contributed by atoms with Crippen LogP contribution >= 0.6 is 24.0 Å². The predicted octanol–water partition coefficient (Wildman–Crippen LogP) is 4.00. The number of hydrogen-bond acceptors (Lipinski definition) is 2. The van der Waals surface area contributed by atoms with E-state index in [0.29, 0.717) is 0 Å². The first kappa shape index (κ1) is 21.5. The molecular weight excluding hydrogens is 435 g/mol. The van der Waals surface area contributed by atoms with Gasteiger partial charge in [-0.3, -0.25) is 4.90 Å². The highest BCUT2D eigenvalue weighted by atomic mass is 127. The van der Waals surface area contributed by atoms with E-state index in [4.69, 9.17) is 4.99 Å². The second-order valence-electron chi connectivity index (χ2n) is 7.77. The summed E-state index contributed by atoms with van der Waals surface area (Å²) in [5.74, 6) is 2.64. The number of piperidine rings is 1. The quantitative estimate of drug-likeness (QED) is 0.360. The van der Waals surface area contributed by atoms with E-state index >= 15 is 0 Å². The van der Waals surface area contributed by atoms with Crippen LogP contribution in [0, 0.1) is 11.8 Å². The van der Waals surface area contributed by atoms with Gasteiger partial charge in [-0.15, -0.1) is 24.0 Å². The Morgan fingerprint density at radius 2 is 1.92 bits per heavy atom. The van der Waals surface area contributed by atoms with Crippen LogP contribution in [0.2, 0.25) is 0 Å². The summed E-state index contributed by atoms with van der Waals surface area (Å²) in [5.41, 5.74) is 2.78. The van der Waals surface area contributed by atoms with Crippen molar-refractivity contribution in [2.75, 3.05) is 26.2 Å². The highest BCUT2D eigenvalue weighted by Gasteiger charge is 2.21. The molecule has 1 aromatic rings. The SMILES string of the molecule is CCNC(=NCc1ccccc1CN1CCCC(C)C1)NCC1CC1.I. The lowest BCUT2D eigenvalue weighted by molar-refractivity contribution is 0.176. The van der Waals surface area contributed by atoms with Crippen LogP contribution in [0.1, 0.15) is 50.7 Å². The molecule has 1 heterocycles. The molecule has 2 N–H and O–H groups in total. The van der Waals surface area contributed by atoms with Crippen molar-refractivity contribution in [1.29, 1.82) is 0 Å². The summed E-state index contributed by atoms with van der Waals surface area (Å²) in [6.45, 7) is 10.7. The Morgan fingerprint density at radius 3 is 2.62 bits per heavy atom. The number of nitrogens with zero attached hydrogens (tertiary/aromatic N) is 2. The summed E-state index contributed by atoms with van der Waals surface area (Å²) < 4.78 is 0. The minimum absolute atomic E-state index is 0. The van der Waals surface area contributed by atoms with E-state index in [1.54, 1.807) is 0 Å². The summed E-state index contributed by atoms with van der Waals surface area (Å²) in [6, 6.07) is 8.80. The van der Waals surface area contributed by atoms with Gasteiger partial charge in [0.2, 0.25) is 0 Å². The first-order valence-electron chi connectivity index (χ1n) is 10.1. The van der Waals surface area contributed by atoms with Crippen molar-refractivity contribution >= 4 is 29.9 Å². The number of benzene rings is 1. The van der Waals surface area contributed by atoms with Crippen LogP contribution in [0.3, 0.4) is 0 Å². The molecule has 0 radical (unpaired) electrons. The summed E-state index contributed by atoms with van der Waals surface area (Å²) in [6.07, 6.45) is 5.44. The van der Waals surface area contributed by atoms with Crippen molar-refractivity contribution in [3.05, 3.63) is 35.4 Å². The van der Waals surface area contributed by atoms with Crippen LogP contribution in [0.25, 0.3) is 0 Å². The molecule has 1 saturated carbocycles. The molecule has 0 bridgehead atoms. The largest absolute Gasteiger partial charge is 0.357 e. The molecule has 0 amide bonds. The van der Waals surface area contributed by atoms with E-state index in [-0.39, 0.29) is 24.0 Å². The maximum atomic E-state index is 4.83. The molecular formula is C21H35IN4. The normalized spacial score (nSPS) is 21.2. The van der Waals surface area contributed by atoms with Crippen LogP contribution in [0.5, 0.6) is 0 Å². The third kappa shape index (κ3) is 7.06. The van der Waals surface area contributed by atoms with E-state index in [2.05, 4.69) is 53.6 Å². The molecule has 2 aliphatic rings. The van der Waals surface area contributed by atoms with E-state index in [1.807, 2.05) is 0 Å². The lowest BCUT2D eigenvalue weighted by Gasteiger charge is -2.31. The Bertz CT molecular complexity index is 571. The summed E-state index contributed by atoms with van der Waals surface area (Å²) >= 11 is 0. The maximum Gasteiger partial charge on any atom is 0.191 e. The Balaban J connectivity index is 0.00000243. The Labute approximate surface area is 176 Å². The highest BCUT2D eigenvalue weighted by molar-refractivity contribution is 14.0. The summed E-state index contributed by atoms with van der Waals surface area (Å²) in [4.78, 5) is 7.43. The van der Waals surface area contributed by atoms with Crippen molar-refractivity contribution in [3.63, 3.8) is 0 Å². The van der Waals surface area contributed by atoms with Crippen LogP contribution < -0.4 is 10.6 Å². The van der Waals surface area contributed by atoms with Gasteiger partial charge in [-0.2, -0.15) is 0 Å². The van der Waals surface area contributed by atoms with Gasteiger partial charge in [0.25, 0.3) is 0 Å². The zero-order valence-corrected chi connectivity index (χ0v) is 18.7. The second-order valence-corrected chi connectivity index (χ2v) is 7.77. The molecule has 26 heavy (non-hydrogen) atoms. The van der Waals surface area contributed by atoms with Gasteiger partial charge in [0.05, 0.1) is 6.54 Å². The zero-order valence-electron chi connectivity index (χ0n) is 16.3. The summed E-state index contributed by atoms with van der Waals surface area (Å²) in [5, 5.41) is 6.86. The Morgan fingerprint density at radius 1 is 1.15 bits per heavy atom. The first-order valence-corrected chi connectivity index (χ1v) is 10.1. The van der Waals surface area contributed by atoms with Gasteiger partial charge in [-0.25, -0.2) is 4.99 Å². The van der Waals surface area contributed by atoms with Gasteiger partial charge < -0.3 is 10.6 Å². The van der Waals surface area contributed by atoms with Gasteiger partial charge in [0.1, 0.15) is 0 Å². The van der Waals surface area contributed by atoms with Crippen molar-refractivity contribution in [2.24, 2.45) is 16.8 Å². The third-order valence-corrected chi connectivity index (χ3v) is 5.26. The molecule has 1 atom stereocenters. The van der Waals surface area contributed by atoms with Gasteiger partial charge in [0, 0.05) is 26.2 Å². The Hall–Kier alpha value is -0.820. The van der Waals surface area contributed by atoms with E-state index in [0.717, 1.165) is 44.0 Å². The minimum atomic E-state index is 0. The van der Waals surface area contributed by atoms with Gasteiger partial charge >= 0.3 is 0 Å². The van der Waals surface area contributed by atoms with Crippen molar-refractivity contribution in [1.82, 2.24) is 15.5 Å². The van der Waals surface area contributed by atoms with E-state index in [9.17, 15) is 0 Å². The fourth-order valence-corrected chi connectivity index (χ4v) is 3.61. The van der Waals surface area contributed by atoms with Crippen molar-refractivity contribution in [3.8, 4) is 0 Å².